The van der Waals surface area contributed by atoms with Gasteiger partial charge in [-0.2, -0.15) is 0 Å². The number of rotatable bonds is 11. The summed E-state index contributed by atoms with van der Waals surface area (Å²) in [5.41, 5.74) is 1.88. The van der Waals surface area contributed by atoms with Gasteiger partial charge in [-0.15, -0.1) is 0 Å². The first kappa shape index (κ1) is 21.4. The van der Waals surface area contributed by atoms with E-state index in [1.807, 2.05) is 38.1 Å². The normalized spacial score (nSPS) is 15.0. The van der Waals surface area contributed by atoms with Gasteiger partial charge in [-0.3, -0.25) is 9.59 Å². The maximum absolute atomic E-state index is 12.3. The zero-order chi connectivity index (χ0) is 19.5. The van der Waals surface area contributed by atoms with Gasteiger partial charge in [0.05, 0.1) is 19.8 Å². The van der Waals surface area contributed by atoms with Crippen molar-refractivity contribution in [3.8, 4) is 0 Å². The van der Waals surface area contributed by atoms with E-state index in [0.29, 0.717) is 39.4 Å². The molecule has 1 aromatic rings. The summed E-state index contributed by atoms with van der Waals surface area (Å²) < 4.78 is 10.6. The molecule has 0 aromatic heterocycles. The number of hydrogen-bond donors (Lipinski definition) is 1. The van der Waals surface area contributed by atoms with Crippen LogP contribution in [0.4, 0.5) is 5.69 Å². The Morgan fingerprint density at radius 2 is 1.70 bits per heavy atom. The zero-order valence-electron chi connectivity index (χ0n) is 16.5. The predicted molar refractivity (Wildman–Crippen MR) is 106 cm³/mol. The average Bonchev–Trinajstić information content (AvgIpc) is 2.72. The van der Waals surface area contributed by atoms with Crippen LogP contribution in [0.2, 0.25) is 0 Å². The molecule has 0 unspecified atom stereocenters. The summed E-state index contributed by atoms with van der Waals surface area (Å²) in [4.78, 5) is 26.3. The molecule has 1 heterocycles. The van der Waals surface area contributed by atoms with Gasteiger partial charge in [-0.1, -0.05) is 6.92 Å². The lowest BCUT2D eigenvalue weighted by Gasteiger charge is -2.33. The van der Waals surface area contributed by atoms with Crippen molar-refractivity contribution >= 4 is 17.4 Å². The molecule has 0 saturated carbocycles. The number of carbonyl (C=O) groups excluding carboxylic acids is 2. The van der Waals surface area contributed by atoms with E-state index >= 15 is 0 Å². The van der Waals surface area contributed by atoms with Gasteiger partial charge in [-0.05, 0) is 44.0 Å². The molecule has 6 heteroatoms. The minimum Gasteiger partial charge on any atom is -0.379 e. The minimum atomic E-state index is 0.0608. The lowest BCUT2D eigenvalue weighted by atomic mass is 9.95. The van der Waals surface area contributed by atoms with Crippen LogP contribution in [-0.2, 0) is 14.3 Å². The van der Waals surface area contributed by atoms with Gasteiger partial charge in [0.1, 0.15) is 0 Å². The van der Waals surface area contributed by atoms with Crippen molar-refractivity contribution in [2.45, 2.75) is 33.1 Å². The van der Waals surface area contributed by atoms with Gasteiger partial charge in [-0.25, -0.2) is 0 Å². The van der Waals surface area contributed by atoms with Crippen molar-refractivity contribution in [3.05, 3.63) is 29.8 Å². The van der Waals surface area contributed by atoms with Crippen molar-refractivity contribution in [2.24, 2.45) is 5.92 Å². The molecule has 0 atom stereocenters. The highest BCUT2D eigenvalue weighted by molar-refractivity contribution is 5.96. The highest BCUT2D eigenvalue weighted by Gasteiger charge is 2.24. The first-order valence-corrected chi connectivity index (χ1v) is 9.97. The molecule has 0 spiro atoms. The first-order chi connectivity index (χ1) is 13.2. The predicted octanol–water partition coefficient (Wildman–Crippen LogP) is 2.67. The maximum Gasteiger partial charge on any atom is 0.223 e. The van der Waals surface area contributed by atoms with Crippen LogP contribution >= 0.6 is 0 Å². The van der Waals surface area contributed by atoms with Crippen molar-refractivity contribution in [2.75, 3.05) is 51.0 Å². The van der Waals surface area contributed by atoms with E-state index < -0.39 is 0 Å². The molecular weight excluding hydrogens is 344 g/mol. The standard InChI is InChI=1S/C21H32N2O4/c1-3-20(24)17-5-7-19(8-6-17)23-12-9-18(10-13-23)21(25)22-11-14-27-16-15-26-4-2/h5-8,18H,3-4,9-16H2,1-2H3,(H,22,25). The Labute approximate surface area is 162 Å². The van der Waals surface area contributed by atoms with Crippen molar-refractivity contribution in [1.82, 2.24) is 5.32 Å². The fraction of sp³-hybridized carbons (Fsp3) is 0.619. The number of piperidine rings is 1. The van der Waals surface area contributed by atoms with Crippen LogP contribution in [0.1, 0.15) is 43.5 Å². The van der Waals surface area contributed by atoms with Crippen LogP contribution in [0.25, 0.3) is 0 Å². The average molecular weight is 376 g/mol. The summed E-state index contributed by atoms with van der Waals surface area (Å²) >= 11 is 0. The zero-order valence-corrected chi connectivity index (χ0v) is 16.5. The summed E-state index contributed by atoms with van der Waals surface area (Å²) in [6.45, 7) is 8.43. The van der Waals surface area contributed by atoms with Crippen LogP contribution in [0.5, 0.6) is 0 Å². The Hall–Kier alpha value is -1.92. The maximum atomic E-state index is 12.3. The van der Waals surface area contributed by atoms with Gasteiger partial charge >= 0.3 is 0 Å². The highest BCUT2D eigenvalue weighted by Crippen LogP contribution is 2.24. The summed E-state index contributed by atoms with van der Waals surface area (Å²) in [6.07, 6.45) is 2.21. The minimum absolute atomic E-state index is 0.0608. The molecule has 1 aromatic carbocycles. The van der Waals surface area contributed by atoms with Gasteiger partial charge < -0.3 is 19.7 Å². The van der Waals surface area contributed by atoms with E-state index in [9.17, 15) is 9.59 Å². The number of ketones is 1. The number of ether oxygens (including phenoxy) is 2. The Balaban J connectivity index is 1.67. The quantitative estimate of drug-likeness (QED) is 0.475. The number of nitrogens with zero attached hydrogens (tertiary/aromatic N) is 1. The number of amides is 1. The number of Topliss-reactive ketones (excluding diaryl/α,β-unsaturated/α-hetero) is 1. The van der Waals surface area contributed by atoms with Crippen LogP contribution in [0, 0.1) is 5.92 Å². The van der Waals surface area contributed by atoms with Gasteiger partial charge in [0, 0.05) is 49.8 Å². The number of hydrogen-bond acceptors (Lipinski definition) is 5. The van der Waals surface area contributed by atoms with Gasteiger partial charge in [0.2, 0.25) is 5.91 Å². The van der Waals surface area contributed by atoms with Crippen LogP contribution in [0.3, 0.4) is 0 Å². The molecule has 0 aliphatic carbocycles. The molecule has 1 aliphatic heterocycles. The number of nitrogens with one attached hydrogen (secondary N) is 1. The van der Waals surface area contributed by atoms with E-state index in [1.165, 1.54) is 0 Å². The second-order valence-electron chi connectivity index (χ2n) is 6.69. The number of anilines is 1. The molecule has 1 N–H and O–H groups in total. The van der Waals surface area contributed by atoms with E-state index in [4.69, 9.17) is 9.47 Å². The highest BCUT2D eigenvalue weighted by atomic mass is 16.5. The third-order valence-electron chi connectivity index (χ3n) is 4.86. The molecule has 2 rings (SSSR count). The molecular formula is C21H32N2O4. The van der Waals surface area contributed by atoms with E-state index in [0.717, 1.165) is 37.2 Å². The fourth-order valence-corrected chi connectivity index (χ4v) is 3.22. The topological polar surface area (TPSA) is 67.9 Å². The molecule has 1 saturated heterocycles. The van der Waals surface area contributed by atoms with E-state index in [1.54, 1.807) is 0 Å². The number of benzene rings is 1. The lowest BCUT2D eigenvalue weighted by Crippen LogP contribution is -2.41. The monoisotopic (exact) mass is 376 g/mol. The molecule has 0 radical (unpaired) electrons. The fourth-order valence-electron chi connectivity index (χ4n) is 3.22. The molecule has 27 heavy (non-hydrogen) atoms. The first-order valence-electron chi connectivity index (χ1n) is 9.97. The second-order valence-corrected chi connectivity index (χ2v) is 6.69. The van der Waals surface area contributed by atoms with Crippen molar-refractivity contribution in [3.63, 3.8) is 0 Å². The molecule has 1 aliphatic rings. The Bertz CT molecular complexity index is 580. The van der Waals surface area contributed by atoms with Crippen molar-refractivity contribution in [1.29, 1.82) is 0 Å². The molecule has 6 nitrogen and oxygen atoms in total. The third kappa shape index (κ3) is 6.96. The summed E-state index contributed by atoms with van der Waals surface area (Å²) in [5, 5.41) is 2.96. The van der Waals surface area contributed by atoms with E-state index in [-0.39, 0.29) is 17.6 Å². The molecule has 150 valence electrons. The largest absolute Gasteiger partial charge is 0.379 e. The smallest absolute Gasteiger partial charge is 0.223 e. The SMILES string of the molecule is CCOCCOCCNC(=O)C1CCN(c2ccc(C(=O)CC)cc2)CC1. The number of carbonyl (C=O) groups is 2. The lowest BCUT2D eigenvalue weighted by molar-refractivity contribution is -0.125. The Kier molecular flexibility index (Phi) is 9.28. The van der Waals surface area contributed by atoms with Crippen LogP contribution in [-0.4, -0.2) is 57.8 Å². The third-order valence-corrected chi connectivity index (χ3v) is 4.86. The van der Waals surface area contributed by atoms with Crippen LogP contribution in [0.15, 0.2) is 24.3 Å². The molecule has 1 amide bonds. The van der Waals surface area contributed by atoms with Crippen molar-refractivity contribution < 1.29 is 19.1 Å². The molecule has 0 bridgehead atoms. The second kappa shape index (κ2) is 11.7. The Morgan fingerprint density at radius 1 is 1.04 bits per heavy atom. The van der Waals surface area contributed by atoms with Gasteiger partial charge in [0.15, 0.2) is 5.78 Å². The summed E-state index contributed by atoms with van der Waals surface area (Å²) in [6, 6.07) is 7.79. The Morgan fingerprint density at radius 3 is 2.33 bits per heavy atom. The summed E-state index contributed by atoms with van der Waals surface area (Å²) in [5.74, 6) is 0.344. The van der Waals surface area contributed by atoms with Crippen LogP contribution < -0.4 is 10.2 Å². The molecule has 1 fully saturated rings. The van der Waals surface area contributed by atoms with E-state index in [2.05, 4.69) is 10.2 Å². The summed E-state index contributed by atoms with van der Waals surface area (Å²) in [7, 11) is 0. The van der Waals surface area contributed by atoms with Gasteiger partial charge in [0.25, 0.3) is 0 Å².